The van der Waals surface area contributed by atoms with Crippen LogP contribution >= 0.6 is 0 Å². The summed E-state index contributed by atoms with van der Waals surface area (Å²) in [5, 5.41) is 23.7. The van der Waals surface area contributed by atoms with Crippen LogP contribution in [0.1, 0.15) is 43.6 Å². The number of hydrogen-bond acceptors (Lipinski definition) is 9. The number of nitrogens with zero attached hydrogens (tertiary/aromatic N) is 7. The highest BCUT2D eigenvalue weighted by Gasteiger charge is 2.17. The largest absolute Gasteiger partial charge is 0.494 e. The second kappa shape index (κ2) is 8.89. The minimum atomic E-state index is 0.134. The Morgan fingerprint density at radius 3 is 2.75 bits per heavy atom. The molecule has 0 amide bonds. The monoisotopic (exact) mass is 382 g/mol. The molecule has 2 heterocycles. The third kappa shape index (κ3) is 4.40. The van der Waals surface area contributed by atoms with E-state index in [4.69, 9.17) is 10.5 Å². The van der Waals surface area contributed by atoms with Gasteiger partial charge in [-0.25, -0.2) is 4.63 Å². The van der Waals surface area contributed by atoms with E-state index >= 15 is 0 Å². The van der Waals surface area contributed by atoms with Gasteiger partial charge in [0, 0.05) is 0 Å². The number of benzene rings is 1. The van der Waals surface area contributed by atoms with Gasteiger partial charge in [-0.15, -0.1) is 5.10 Å². The second-order valence-electron chi connectivity index (χ2n) is 6.11. The normalized spacial score (nSPS) is 12.0. The highest BCUT2D eigenvalue weighted by atomic mass is 16.6. The smallest absolute Gasteiger partial charge is 0.243 e. The molecule has 0 spiro atoms. The van der Waals surface area contributed by atoms with Gasteiger partial charge in [0.25, 0.3) is 0 Å². The Morgan fingerprint density at radius 2 is 2.07 bits per heavy atom. The Labute approximate surface area is 162 Å². The molecule has 0 aliphatic carbocycles. The molecule has 3 rings (SSSR count). The van der Waals surface area contributed by atoms with Gasteiger partial charge in [0.05, 0.1) is 24.2 Å². The molecule has 0 saturated carbocycles. The van der Waals surface area contributed by atoms with E-state index in [1.54, 1.807) is 13.1 Å². The van der Waals surface area contributed by atoms with E-state index in [0.717, 1.165) is 30.8 Å². The summed E-state index contributed by atoms with van der Waals surface area (Å²) in [4.78, 5) is 0. The maximum atomic E-state index is 5.70. The Bertz CT molecular complexity index is 972. The van der Waals surface area contributed by atoms with Gasteiger partial charge in [0.2, 0.25) is 11.6 Å². The molecule has 0 bridgehead atoms. The summed E-state index contributed by atoms with van der Waals surface area (Å²) in [5.74, 6) is 1.27. The zero-order chi connectivity index (χ0) is 19.9. The molecular weight excluding hydrogens is 360 g/mol. The molecule has 28 heavy (non-hydrogen) atoms. The van der Waals surface area contributed by atoms with Crippen LogP contribution in [0.2, 0.25) is 0 Å². The highest BCUT2D eigenvalue weighted by molar-refractivity contribution is 5.98. The van der Waals surface area contributed by atoms with Gasteiger partial charge in [-0.1, -0.05) is 18.6 Å². The average Bonchev–Trinajstić information content (AvgIpc) is 3.28. The van der Waals surface area contributed by atoms with Crippen molar-refractivity contribution in [2.24, 2.45) is 10.2 Å². The number of aromatic nitrogens is 5. The zero-order valence-corrected chi connectivity index (χ0v) is 16.0. The van der Waals surface area contributed by atoms with Gasteiger partial charge >= 0.3 is 0 Å². The molecule has 10 heteroatoms. The Kier molecular flexibility index (Phi) is 6.10. The first kappa shape index (κ1) is 19.2. The predicted octanol–water partition coefficient (Wildman–Crippen LogP) is 2.56. The number of hydrogen-bond donors (Lipinski definition) is 1. The molecule has 0 aliphatic heterocycles. The lowest BCUT2D eigenvalue weighted by Gasteiger charge is -2.04. The van der Waals surface area contributed by atoms with Crippen LogP contribution in [0.3, 0.4) is 0 Å². The summed E-state index contributed by atoms with van der Waals surface area (Å²) >= 11 is 0. The van der Waals surface area contributed by atoms with Crippen molar-refractivity contribution in [3.8, 4) is 11.6 Å². The summed E-state index contributed by atoms with van der Waals surface area (Å²) in [5.41, 5.74) is 8.51. The maximum absolute atomic E-state index is 5.70. The van der Waals surface area contributed by atoms with E-state index in [-0.39, 0.29) is 11.6 Å². The fraction of sp³-hybridized carbons (Fsp3) is 0.333. The molecule has 1 aromatic carbocycles. The number of nitrogen functional groups attached to an aromatic ring is 1. The molecule has 2 aromatic heterocycles. The molecule has 3 aromatic rings. The van der Waals surface area contributed by atoms with Crippen LogP contribution in [0.4, 0.5) is 5.82 Å². The van der Waals surface area contributed by atoms with Crippen LogP contribution in [0, 0.1) is 6.92 Å². The van der Waals surface area contributed by atoms with E-state index in [1.807, 2.05) is 31.2 Å². The van der Waals surface area contributed by atoms with Crippen LogP contribution in [-0.2, 0) is 0 Å². The van der Waals surface area contributed by atoms with Gasteiger partial charge in [-0.2, -0.15) is 14.9 Å². The van der Waals surface area contributed by atoms with Crippen LogP contribution in [-0.4, -0.2) is 43.8 Å². The molecule has 0 aliphatic rings. The lowest BCUT2D eigenvalue weighted by atomic mass is 10.2. The third-order valence-electron chi connectivity index (χ3n) is 3.99. The lowest BCUT2D eigenvalue weighted by Crippen LogP contribution is -2.04. The van der Waals surface area contributed by atoms with Gasteiger partial charge < -0.3 is 10.5 Å². The fourth-order valence-electron chi connectivity index (χ4n) is 2.42. The molecule has 0 saturated heterocycles. The lowest BCUT2D eigenvalue weighted by molar-refractivity contribution is 0.306. The van der Waals surface area contributed by atoms with Crippen molar-refractivity contribution in [1.82, 2.24) is 25.3 Å². The zero-order valence-electron chi connectivity index (χ0n) is 16.0. The van der Waals surface area contributed by atoms with Crippen molar-refractivity contribution in [1.29, 1.82) is 0 Å². The number of anilines is 1. The van der Waals surface area contributed by atoms with Crippen LogP contribution in [0.25, 0.3) is 5.82 Å². The fourth-order valence-corrected chi connectivity index (χ4v) is 2.42. The Hall–Kier alpha value is -3.56. The molecule has 0 fully saturated rings. The maximum Gasteiger partial charge on any atom is 0.243 e. The van der Waals surface area contributed by atoms with Crippen molar-refractivity contribution in [2.75, 3.05) is 12.3 Å². The topological polar surface area (TPSA) is 130 Å². The van der Waals surface area contributed by atoms with Crippen molar-refractivity contribution in [3.63, 3.8) is 0 Å². The van der Waals surface area contributed by atoms with E-state index in [1.165, 1.54) is 4.68 Å². The standard InChI is InChI=1S/C18H22N8O2/c1-4-5-10-27-15-8-6-14(7-9-15)11-20-21-12(2)16-13(3)26(25-22-16)18-17(19)23-28-24-18/h6-9,11H,4-5,10H2,1-3H3,(H2,19,23)/b20-11+,21-12+. The minimum absolute atomic E-state index is 0.134. The predicted molar refractivity (Wildman–Crippen MR) is 105 cm³/mol. The van der Waals surface area contributed by atoms with Gasteiger partial charge in [-0.05, 0) is 60.4 Å². The van der Waals surface area contributed by atoms with Crippen LogP contribution in [0.15, 0.2) is 39.1 Å². The van der Waals surface area contributed by atoms with E-state index in [9.17, 15) is 0 Å². The highest BCUT2D eigenvalue weighted by Crippen LogP contribution is 2.15. The van der Waals surface area contributed by atoms with Crippen LogP contribution in [0.5, 0.6) is 5.75 Å². The summed E-state index contributed by atoms with van der Waals surface area (Å²) in [7, 11) is 0. The van der Waals surface area contributed by atoms with Crippen LogP contribution < -0.4 is 10.5 Å². The van der Waals surface area contributed by atoms with E-state index in [2.05, 4.69) is 42.4 Å². The average molecular weight is 382 g/mol. The summed E-state index contributed by atoms with van der Waals surface area (Å²) in [6, 6.07) is 7.69. The summed E-state index contributed by atoms with van der Waals surface area (Å²) < 4.78 is 11.7. The Morgan fingerprint density at radius 1 is 1.29 bits per heavy atom. The molecule has 0 atom stereocenters. The van der Waals surface area contributed by atoms with Gasteiger partial charge in [0.1, 0.15) is 11.4 Å². The van der Waals surface area contributed by atoms with Crippen molar-refractivity contribution in [3.05, 3.63) is 41.2 Å². The first-order valence-electron chi connectivity index (χ1n) is 8.91. The number of rotatable bonds is 8. The van der Waals surface area contributed by atoms with Crippen molar-refractivity contribution < 1.29 is 9.37 Å². The molecule has 0 unspecified atom stereocenters. The summed E-state index contributed by atoms with van der Waals surface area (Å²) in [6.07, 6.45) is 3.82. The molecule has 146 valence electrons. The molecule has 2 N–H and O–H groups in total. The van der Waals surface area contributed by atoms with Crippen molar-refractivity contribution in [2.45, 2.75) is 33.6 Å². The SMILES string of the molecule is CCCCOc1ccc(/C=N/N=C(\C)c2nnn(-c3nonc3N)c2C)cc1. The summed E-state index contributed by atoms with van der Waals surface area (Å²) in [6.45, 7) is 6.48. The quantitative estimate of drug-likeness (QED) is 0.360. The number of nitrogens with two attached hydrogens (primary N) is 1. The number of ether oxygens (including phenoxy) is 1. The van der Waals surface area contributed by atoms with Gasteiger partial charge in [0.15, 0.2) is 0 Å². The second-order valence-corrected chi connectivity index (χ2v) is 6.11. The molecule has 10 nitrogen and oxygen atoms in total. The first-order chi connectivity index (χ1) is 13.6. The molecular formula is C18H22N8O2. The van der Waals surface area contributed by atoms with E-state index < -0.39 is 0 Å². The van der Waals surface area contributed by atoms with E-state index in [0.29, 0.717) is 17.1 Å². The third-order valence-corrected chi connectivity index (χ3v) is 3.99. The first-order valence-corrected chi connectivity index (χ1v) is 8.91. The Balaban J connectivity index is 1.67. The van der Waals surface area contributed by atoms with Crippen molar-refractivity contribution >= 4 is 17.7 Å². The molecule has 0 radical (unpaired) electrons. The van der Waals surface area contributed by atoms with Gasteiger partial charge in [-0.3, -0.25) is 0 Å². The number of unbranched alkanes of at least 4 members (excludes halogenated alkanes) is 1. The minimum Gasteiger partial charge on any atom is -0.494 e.